The van der Waals surface area contributed by atoms with Crippen molar-refractivity contribution in [2.45, 2.75) is 10.3 Å². The van der Waals surface area contributed by atoms with Gasteiger partial charge in [0.1, 0.15) is 11.6 Å². The van der Waals surface area contributed by atoms with Crippen LogP contribution in [-0.4, -0.2) is 23.2 Å². The molecule has 0 atom stereocenters. The van der Waals surface area contributed by atoms with Crippen molar-refractivity contribution in [2.24, 2.45) is 0 Å². The molecule has 0 saturated carbocycles. The molecule has 2 aromatic rings. The molecule has 0 aliphatic carbocycles. The zero-order chi connectivity index (χ0) is 14.0. The number of hydrogen-bond acceptors (Lipinski definition) is 7. The average molecular weight is 290 g/mol. The minimum Gasteiger partial charge on any atom is -0.383 e. The van der Waals surface area contributed by atoms with Crippen molar-refractivity contribution in [3.63, 3.8) is 0 Å². The Kier molecular flexibility index (Phi) is 3.47. The molecule has 1 fully saturated rings. The van der Waals surface area contributed by atoms with Gasteiger partial charge in [-0.2, -0.15) is 0 Å². The highest BCUT2D eigenvalue weighted by Crippen LogP contribution is 2.45. The van der Waals surface area contributed by atoms with Crippen LogP contribution in [-0.2, 0) is 14.6 Å². The molecule has 2 heterocycles. The van der Waals surface area contributed by atoms with Crippen molar-refractivity contribution in [3.8, 4) is 0 Å². The first-order chi connectivity index (χ1) is 9.68. The first kappa shape index (κ1) is 13.2. The van der Waals surface area contributed by atoms with Crippen molar-refractivity contribution in [2.75, 3.05) is 24.7 Å². The zero-order valence-corrected chi connectivity index (χ0v) is 11.5. The highest BCUT2D eigenvalue weighted by atomic mass is 32.2. The summed E-state index contributed by atoms with van der Waals surface area (Å²) in [6.45, 7) is 1.03. The molecule has 1 aliphatic rings. The third-order valence-electron chi connectivity index (χ3n) is 2.77. The maximum absolute atomic E-state index is 5.79. The van der Waals surface area contributed by atoms with Gasteiger partial charge in [-0.05, 0) is 11.8 Å². The first-order valence-corrected chi connectivity index (χ1v) is 6.92. The molecule has 0 unspecified atom stereocenters. The van der Waals surface area contributed by atoms with E-state index in [2.05, 4.69) is 9.97 Å². The smallest absolute Gasteiger partial charge is 0.253 e. The third kappa shape index (κ3) is 2.55. The molecule has 6 nitrogen and oxygen atoms in total. The van der Waals surface area contributed by atoms with E-state index in [1.165, 1.54) is 17.8 Å². The molecule has 0 bridgehead atoms. The van der Waals surface area contributed by atoms with Crippen LogP contribution in [0.4, 0.5) is 11.6 Å². The summed E-state index contributed by atoms with van der Waals surface area (Å²) in [4.78, 5) is 8.32. The zero-order valence-electron chi connectivity index (χ0n) is 10.7. The van der Waals surface area contributed by atoms with E-state index in [1.54, 1.807) is 0 Å². The average Bonchev–Trinajstić information content (AvgIpc) is 2.88. The highest BCUT2D eigenvalue weighted by Gasteiger charge is 2.41. The number of thioether (sulfide) groups is 1. The van der Waals surface area contributed by atoms with Gasteiger partial charge in [-0.1, -0.05) is 30.3 Å². The maximum Gasteiger partial charge on any atom is 0.253 e. The molecular formula is C13H14N4O2S. The molecule has 1 aromatic carbocycles. The molecular weight excluding hydrogens is 276 g/mol. The monoisotopic (exact) mass is 290 g/mol. The number of hydrogen-bond donors (Lipinski definition) is 2. The van der Waals surface area contributed by atoms with Gasteiger partial charge in [0.05, 0.1) is 13.2 Å². The minimum absolute atomic E-state index is 0.321. The van der Waals surface area contributed by atoms with Crippen molar-refractivity contribution in [3.05, 3.63) is 42.0 Å². The number of ether oxygens (including phenoxy) is 2. The summed E-state index contributed by atoms with van der Waals surface area (Å²) in [5, 5.41) is -0.519. The molecule has 1 aromatic heterocycles. The second-order valence-corrected chi connectivity index (χ2v) is 5.33. The van der Waals surface area contributed by atoms with E-state index in [4.69, 9.17) is 20.9 Å². The number of benzene rings is 1. The van der Waals surface area contributed by atoms with Crippen LogP contribution < -0.4 is 11.5 Å². The first-order valence-electron chi connectivity index (χ1n) is 6.10. The van der Waals surface area contributed by atoms with E-state index in [1.807, 2.05) is 30.3 Å². The number of nitrogen functional groups attached to an aromatic ring is 2. The summed E-state index contributed by atoms with van der Waals surface area (Å²) in [6.07, 6.45) is 0. The number of anilines is 2. The number of aromatic nitrogens is 2. The Morgan fingerprint density at radius 3 is 2.20 bits per heavy atom. The van der Waals surface area contributed by atoms with Crippen LogP contribution in [0.1, 0.15) is 5.56 Å². The quantitative estimate of drug-likeness (QED) is 0.828. The van der Waals surface area contributed by atoms with E-state index in [0.29, 0.717) is 30.0 Å². The molecule has 20 heavy (non-hydrogen) atoms. The Labute approximate surface area is 120 Å². The van der Waals surface area contributed by atoms with E-state index in [0.717, 1.165) is 5.56 Å². The van der Waals surface area contributed by atoms with Crippen molar-refractivity contribution in [1.29, 1.82) is 0 Å². The lowest BCUT2D eigenvalue weighted by atomic mass is 10.2. The SMILES string of the molecule is Nc1cc(N)nc(SC2(c3ccccc3)OCCO2)n1. The lowest BCUT2D eigenvalue weighted by Crippen LogP contribution is -2.23. The van der Waals surface area contributed by atoms with Crippen LogP contribution in [0.5, 0.6) is 0 Å². The number of rotatable bonds is 3. The van der Waals surface area contributed by atoms with Crippen LogP contribution in [0, 0.1) is 0 Å². The van der Waals surface area contributed by atoms with Crippen LogP contribution in [0.25, 0.3) is 0 Å². The predicted molar refractivity (Wildman–Crippen MR) is 76.7 cm³/mol. The summed E-state index contributed by atoms with van der Waals surface area (Å²) in [5.74, 6) is 0.641. The van der Waals surface area contributed by atoms with Crippen molar-refractivity contribution < 1.29 is 9.47 Å². The molecule has 3 rings (SSSR count). The molecule has 1 aliphatic heterocycles. The van der Waals surface area contributed by atoms with Gasteiger partial charge in [-0.3, -0.25) is 0 Å². The van der Waals surface area contributed by atoms with E-state index in [-0.39, 0.29) is 0 Å². The fourth-order valence-electron chi connectivity index (χ4n) is 1.95. The Morgan fingerprint density at radius 1 is 1.00 bits per heavy atom. The molecule has 0 amide bonds. The largest absolute Gasteiger partial charge is 0.383 e. The van der Waals surface area contributed by atoms with Crippen LogP contribution >= 0.6 is 11.8 Å². The van der Waals surface area contributed by atoms with Gasteiger partial charge in [0, 0.05) is 11.6 Å². The van der Waals surface area contributed by atoms with Gasteiger partial charge in [0.15, 0.2) is 5.16 Å². The minimum atomic E-state index is -0.943. The molecule has 4 N–H and O–H groups in total. The summed E-state index contributed by atoms with van der Waals surface area (Å²) >= 11 is 1.25. The summed E-state index contributed by atoms with van der Waals surface area (Å²) < 4.78 is 11.6. The van der Waals surface area contributed by atoms with E-state index >= 15 is 0 Å². The topological polar surface area (TPSA) is 96.3 Å². The molecule has 104 valence electrons. The number of nitrogens with zero attached hydrogens (tertiary/aromatic N) is 2. The van der Waals surface area contributed by atoms with Crippen molar-refractivity contribution in [1.82, 2.24) is 9.97 Å². The second kappa shape index (κ2) is 5.28. The Morgan fingerprint density at radius 2 is 1.60 bits per heavy atom. The maximum atomic E-state index is 5.79. The normalized spacial score (nSPS) is 17.2. The van der Waals surface area contributed by atoms with Gasteiger partial charge in [-0.25, -0.2) is 9.97 Å². The van der Waals surface area contributed by atoms with E-state index in [9.17, 15) is 0 Å². The van der Waals surface area contributed by atoms with Crippen LogP contribution in [0.2, 0.25) is 0 Å². The molecule has 0 radical (unpaired) electrons. The van der Waals surface area contributed by atoms with Crippen molar-refractivity contribution >= 4 is 23.4 Å². The van der Waals surface area contributed by atoms with Gasteiger partial charge in [-0.15, -0.1) is 0 Å². The summed E-state index contributed by atoms with van der Waals surface area (Å²) in [7, 11) is 0. The molecule has 1 saturated heterocycles. The van der Waals surface area contributed by atoms with E-state index < -0.39 is 5.12 Å². The van der Waals surface area contributed by atoms with Crippen LogP contribution in [0.15, 0.2) is 41.6 Å². The Balaban J connectivity index is 1.96. The lowest BCUT2D eigenvalue weighted by molar-refractivity contribution is -0.0817. The summed E-state index contributed by atoms with van der Waals surface area (Å²) in [6, 6.07) is 11.2. The Hall–Kier alpha value is -1.83. The highest BCUT2D eigenvalue weighted by molar-refractivity contribution is 7.99. The fraction of sp³-hybridized carbons (Fsp3) is 0.231. The fourth-order valence-corrected chi connectivity index (χ4v) is 3.03. The summed E-state index contributed by atoms with van der Waals surface area (Å²) in [5.41, 5.74) is 12.3. The van der Waals surface area contributed by atoms with Gasteiger partial charge in [0.2, 0.25) is 0 Å². The number of nitrogens with two attached hydrogens (primary N) is 2. The predicted octanol–water partition coefficient (Wildman–Crippen LogP) is 1.59. The standard InChI is InChI=1S/C13H14N4O2S/c14-10-8-11(15)17-12(16-10)20-13(18-6-7-19-13)9-4-2-1-3-5-9/h1-5,8H,6-7H2,(H4,14,15,16,17). The lowest BCUT2D eigenvalue weighted by Gasteiger charge is -2.25. The van der Waals surface area contributed by atoms with Crippen LogP contribution in [0.3, 0.4) is 0 Å². The second-order valence-electron chi connectivity index (χ2n) is 4.22. The third-order valence-corrected chi connectivity index (χ3v) is 3.87. The van der Waals surface area contributed by atoms with Gasteiger partial charge >= 0.3 is 0 Å². The molecule has 7 heteroatoms. The van der Waals surface area contributed by atoms with Gasteiger partial charge in [0.25, 0.3) is 5.12 Å². The Bertz CT molecular complexity index is 582. The van der Waals surface area contributed by atoms with Gasteiger partial charge < -0.3 is 20.9 Å². The molecule has 0 spiro atoms.